The molecule has 25 heavy (non-hydrogen) atoms. The summed E-state index contributed by atoms with van der Waals surface area (Å²) in [6, 6.07) is 13.4. The van der Waals surface area contributed by atoms with Crippen molar-refractivity contribution in [3.63, 3.8) is 0 Å². The summed E-state index contributed by atoms with van der Waals surface area (Å²) in [5.74, 6) is 0.530. The Bertz CT molecular complexity index is 1040. The summed E-state index contributed by atoms with van der Waals surface area (Å²) in [6.07, 6.45) is 1.72. The first-order valence-electron chi connectivity index (χ1n) is 7.79. The van der Waals surface area contributed by atoms with Crippen molar-refractivity contribution in [2.24, 2.45) is 0 Å². The number of anilines is 1. The van der Waals surface area contributed by atoms with Crippen molar-refractivity contribution in [3.8, 4) is 11.5 Å². The number of fused-ring (bicyclic) bond motifs is 1. The molecular weight excluding hydrogens is 334 g/mol. The zero-order valence-electron chi connectivity index (χ0n) is 13.5. The van der Waals surface area contributed by atoms with Crippen LogP contribution in [0.1, 0.15) is 5.69 Å². The Hall–Kier alpha value is -3.06. The number of benzene rings is 1. The molecule has 0 spiro atoms. The molecule has 1 N–H and O–H groups in total. The van der Waals surface area contributed by atoms with Gasteiger partial charge in [-0.1, -0.05) is 18.2 Å². The number of thiazole rings is 1. The van der Waals surface area contributed by atoms with E-state index in [-0.39, 0.29) is 12.5 Å². The van der Waals surface area contributed by atoms with E-state index in [1.807, 2.05) is 59.3 Å². The molecule has 1 amide bonds. The lowest BCUT2D eigenvalue weighted by molar-refractivity contribution is -0.116. The lowest BCUT2D eigenvalue weighted by atomic mass is 10.3. The van der Waals surface area contributed by atoms with Crippen molar-refractivity contribution in [3.05, 3.63) is 59.7 Å². The Labute approximate surface area is 148 Å². The van der Waals surface area contributed by atoms with Gasteiger partial charge in [-0.2, -0.15) is 0 Å². The fourth-order valence-corrected chi connectivity index (χ4v) is 3.34. The van der Waals surface area contributed by atoms with Gasteiger partial charge in [0.05, 0.1) is 16.7 Å². The van der Waals surface area contributed by atoms with Crippen LogP contribution in [0.5, 0.6) is 0 Å². The summed E-state index contributed by atoms with van der Waals surface area (Å²) in [4.78, 5) is 25.8. The SMILES string of the molecule is Cc1csc(NC(=O)Cn2c(-c3ccccn3)nc3ccccc32)n1. The van der Waals surface area contributed by atoms with E-state index in [1.54, 1.807) is 6.20 Å². The summed E-state index contributed by atoms with van der Waals surface area (Å²) >= 11 is 1.41. The summed E-state index contributed by atoms with van der Waals surface area (Å²) < 4.78 is 1.88. The monoisotopic (exact) mass is 349 g/mol. The Kier molecular flexibility index (Phi) is 3.99. The summed E-state index contributed by atoms with van der Waals surface area (Å²) in [5, 5.41) is 5.35. The molecule has 3 aromatic heterocycles. The molecule has 0 fully saturated rings. The molecule has 0 saturated heterocycles. The first kappa shape index (κ1) is 15.5. The van der Waals surface area contributed by atoms with Gasteiger partial charge in [0.2, 0.25) is 5.91 Å². The first-order chi connectivity index (χ1) is 12.2. The molecule has 0 bridgehead atoms. The number of aryl methyl sites for hydroxylation is 1. The van der Waals surface area contributed by atoms with Gasteiger partial charge in [0.25, 0.3) is 0 Å². The molecule has 3 heterocycles. The number of carbonyl (C=O) groups is 1. The molecule has 0 radical (unpaired) electrons. The van der Waals surface area contributed by atoms with E-state index < -0.39 is 0 Å². The minimum absolute atomic E-state index is 0.144. The van der Waals surface area contributed by atoms with E-state index in [1.165, 1.54) is 11.3 Å². The summed E-state index contributed by atoms with van der Waals surface area (Å²) in [6.45, 7) is 2.04. The van der Waals surface area contributed by atoms with Crippen LogP contribution in [0.25, 0.3) is 22.6 Å². The summed E-state index contributed by atoms with van der Waals surface area (Å²) in [7, 11) is 0. The number of imidazole rings is 1. The van der Waals surface area contributed by atoms with Crippen molar-refractivity contribution in [1.29, 1.82) is 0 Å². The van der Waals surface area contributed by atoms with Gasteiger partial charge >= 0.3 is 0 Å². The van der Waals surface area contributed by atoms with Gasteiger partial charge in [-0.25, -0.2) is 9.97 Å². The molecule has 1 aromatic carbocycles. The second-order valence-corrected chi connectivity index (χ2v) is 6.43. The number of amides is 1. The third-order valence-electron chi connectivity index (χ3n) is 3.72. The number of rotatable bonds is 4. The molecule has 7 heteroatoms. The molecule has 4 rings (SSSR count). The summed E-state index contributed by atoms with van der Waals surface area (Å²) in [5.41, 5.74) is 3.36. The molecule has 0 atom stereocenters. The predicted molar refractivity (Wildman–Crippen MR) is 98.4 cm³/mol. The minimum atomic E-state index is -0.144. The molecule has 0 saturated carbocycles. The molecule has 0 aliphatic rings. The van der Waals surface area contributed by atoms with Crippen molar-refractivity contribution < 1.29 is 4.79 Å². The quantitative estimate of drug-likeness (QED) is 0.612. The molecule has 124 valence electrons. The van der Waals surface area contributed by atoms with E-state index in [4.69, 9.17) is 0 Å². The Morgan fingerprint density at radius 1 is 1.16 bits per heavy atom. The average molecular weight is 349 g/mol. The van der Waals surface area contributed by atoms with Gasteiger partial charge in [0, 0.05) is 11.6 Å². The zero-order chi connectivity index (χ0) is 17.2. The Morgan fingerprint density at radius 3 is 2.76 bits per heavy atom. The van der Waals surface area contributed by atoms with Gasteiger partial charge in [-0.15, -0.1) is 11.3 Å². The molecule has 0 aliphatic heterocycles. The number of para-hydroxylation sites is 2. The third kappa shape index (κ3) is 3.14. The van der Waals surface area contributed by atoms with Crippen LogP contribution in [0, 0.1) is 6.92 Å². The van der Waals surface area contributed by atoms with E-state index in [0.29, 0.717) is 11.0 Å². The predicted octanol–water partition coefficient (Wildman–Crippen LogP) is 3.50. The normalized spacial score (nSPS) is 10.9. The van der Waals surface area contributed by atoms with Crippen molar-refractivity contribution in [2.45, 2.75) is 13.5 Å². The molecule has 0 aliphatic carbocycles. The maximum absolute atomic E-state index is 12.5. The maximum atomic E-state index is 12.5. The lowest BCUT2D eigenvalue weighted by Gasteiger charge is -2.08. The third-order valence-corrected chi connectivity index (χ3v) is 4.59. The van der Waals surface area contributed by atoms with Crippen molar-refractivity contribution in [1.82, 2.24) is 19.5 Å². The first-order valence-corrected chi connectivity index (χ1v) is 8.67. The standard InChI is InChI=1S/C18H15N5OS/c1-12-11-25-18(20-12)22-16(24)10-23-15-8-3-2-6-13(15)21-17(23)14-7-4-5-9-19-14/h2-9,11H,10H2,1H3,(H,20,22,24). The Balaban J connectivity index is 1.71. The topological polar surface area (TPSA) is 72.7 Å². The van der Waals surface area contributed by atoms with Crippen LogP contribution in [0.2, 0.25) is 0 Å². The highest BCUT2D eigenvalue weighted by molar-refractivity contribution is 7.13. The van der Waals surface area contributed by atoms with Gasteiger partial charge in [0.15, 0.2) is 11.0 Å². The van der Waals surface area contributed by atoms with Crippen LogP contribution in [0.4, 0.5) is 5.13 Å². The molecule has 4 aromatic rings. The fourth-order valence-electron chi connectivity index (χ4n) is 2.64. The molecular formula is C18H15N5OS. The zero-order valence-corrected chi connectivity index (χ0v) is 14.3. The largest absolute Gasteiger partial charge is 0.313 e. The second-order valence-electron chi connectivity index (χ2n) is 5.57. The molecule has 0 unspecified atom stereocenters. The van der Waals surface area contributed by atoms with Crippen LogP contribution >= 0.6 is 11.3 Å². The van der Waals surface area contributed by atoms with Gasteiger partial charge < -0.3 is 9.88 Å². The molecule has 6 nitrogen and oxygen atoms in total. The lowest BCUT2D eigenvalue weighted by Crippen LogP contribution is -2.19. The smallest absolute Gasteiger partial charge is 0.246 e. The number of nitrogens with one attached hydrogen (secondary N) is 1. The highest BCUT2D eigenvalue weighted by Gasteiger charge is 2.16. The van der Waals surface area contributed by atoms with Crippen LogP contribution < -0.4 is 5.32 Å². The number of hydrogen-bond donors (Lipinski definition) is 1. The van der Waals surface area contributed by atoms with E-state index in [2.05, 4.69) is 20.3 Å². The fraction of sp³-hybridized carbons (Fsp3) is 0.111. The van der Waals surface area contributed by atoms with Gasteiger partial charge in [0.1, 0.15) is 12.2 Å². The van der Waals surface area contributed by atoms with E-state index in [9.17, 15) is 4.79 Å². The number of nitrogens with zero attached hydrogens (tertiary/aromatic N) is 4. The maximum Gasteiger partial charge on any atom is 0.246 e. The highest BCUT2D eigenvalue weighted by atomic mass is 32.1. The number of pyridine rings is 1. The van der Waals surface area contributed by atoms with Crippen molar-refractivity contribution in [2.75, 3.05) is 5.32 Å². The van der Waals surface area contributed by atoms with Crippen LogP contribution in [-0.2, 0) is 11.3 Å². The number of aromatic nitrogens is 4. The van der Waals surface area contributed by atoms with Crippen molar-refractivity contribution >= 4 is 33.4 Å². The average Bonchev–Trinajstić information content (AvgIpc) is 3.19. The number of hydrogen-bond acceptors (Lipinski definition) is 5. The van der Waals surface area contributed by atoms with E-state index >= 15 is 0 Å². The Morgan fingerprint density at radius 2 is 2.00 bits per heavy atom. The van der Waals surface area contributed by atoms with Crippen LogP contribution in [0.3, 0.4) is 0 Å². The second kappa shape index (κ2) is 6.45. The number of carbonyl (C=O) groups excluding carboxylic acids is 1. The minimum Gasteiger partial charge on any atom is -0.313 e. The van der Waals surface area contributed by atoms with E-state index in [0.717, 1.165) is 22.4 Å². The van der Waals surface area contributed by atoms with Crippen LogP contribution in [0.15, 0.2) is 54.0 Å². The van der Waals surface area contributed by atoms with Gasteiger partial charge in [-0.05, 0) is 31.2 Å². The van der Waals surface area contributed by atoms with Crippen LogP contribution in [-0.4, -0.2) is 25.4 Å². The van der Waals surface area contributed by atoms with Gasteiger partial charge in [-0.3, -0.25) is 9.78 Å². The highest BCUT2D eigenvalue weighted by Crippen LogP contribution is 2.23.